The van der Waals surface area contributed by atoms with Gasteiger partial charge in [-0.3, -0.25) is 0 Å². The quantitative estimate of drug-likeness (QED) is 0.563. The first-order chi connectivity index (χ1) is 12.0. The number of aromatic nitrogens is 2. The van der Waals surface area contributed by atoms with Crippen LogP contribution < -0.4 is 4.74 Å². The van der Waals surface area contributed by atoms with Crippen LogP contribution in [0.25, 0.3) is 0 Å². The summed E-state index contributed by atoms with van der Waals surface area (Å²) in [5, 5.41) is 8.61. The van der Waals surface area contributed by atoms with Crippen molar-refractivity contribution >= 4 is 11.8 Å². The van der Waals surface area contributed by atoms with E-state index < -0.39 is 0 Å². The molecule has 1 heterocycles. The zero-order chi connectivity index (χ0) is 17.8. The van der Waals surface area contributed by atoms with E-state index in [4.69, 9.17) is 9.15 Å². The number of benzene rings is 2. The summed E-state index contributed by atoms with van der Waals surface area (Å²) in [5.41, 5.74) is 3.19. The lowest BCUT2D eigenvalue weighted by Crippen LogP contribution is -1.97. The Balaban J connectivity index is 1.60. The second kappa shape index (κ2) is 7.70. The monoisotopic (exact) mass is 358 g/mol. The maximum atomic E-state index is 13.0. The van der Waals surface area contributed by atoms with E-state index in [9.17, 15) is 4.39 Å². The summed E-state index contributed by atoms with van der Waals surface area (Å²) in [4.78, 5) is 0. The fourth-order valence-corrected chi connectivity index (χ4v) is 3.13. The molecule has 0 fully saturated rings. The van der Waals surface area contributed by atoms with Gasteiger partial charge in [-0.1, -0.05) is 36.0 Å². The number of hydrogen-bond acceptors (Lipinski definition) is 5. The molecule has 130 valence electrons. The molecule has 1 unspecified atom stereocenters. The molecule has 0 N–H and O–H groups in total. The minimum absolute atomic E-state index is 0.0776. The molecule has 0 saturated heterocycles. The zero-order valence-corrected chi connectivity index (χ0v) is 15.1. The van der Waals surface area contributed by atoms with Gasteiger partial charge in [0.1, 0.15) is 11.6 Å². The van der Waals surface area contributed by atoms with Crippen LogP contribution in [0.4, 0.5) is 4.39 Å². The molecule has 0 aliphatic rings. The van der Waals surface area contributed by atoms with Crippen molar-refractivity contribution in [2.75, 3.05) is 0 Å². The Labute approximate surface area is 150 Å². The van der Waals surface area contributed by atoms with Crippen molar-refractivity contribution in [3.05, 3.63) is 70.9 Å². The Morgan fingerprint density at radius 3 is 2.64 bits per heavy atom. The van der Waals surface area contributed by atoms with Crippen LogP contribution in [0.5, 0.6) is 5.75 Å². The van der Waals surface area contributed by atoms with E-state index in [0.717, 1.165) is 22.4 Å². The second-order valence-corrected chi connectivity index (χ2v) is 7.12. The summed E-state index contributed by atoms with van der Waals surface area (Å²) in [7, 11) is 0. The van der Waals surface area contributed by atoms with Gasteiger partial charge in [0.05, 0.1) is 0 Å². The lowest BCUT2D eigenvalue weighted by Gasteiger charge is -2.08. The van der Waals surface area contributed by atoms with Gasteiger partial charge in [-0.15, -0.1) is 10.2 Å². The summed E-state index contributed by atoms with van der Waals surface area (Å²) in [6, 6.07) is 12.5. The fraction of sp³-hybridized carbons (Fsp3) is 0.263. The van der Waals surface area contributed by atoms with Gasteiger partial charge >= 0.3 is 0 Å². The molecule has 1 aromatic heterocycles. The zero-order valence-electron chi connectivity index (χ0n) is 14.3. The van der Waals surface area contributed by atoms with Crippen LogP contribution in [0.2, 0.25) is 0 Å². The lowest BCUT2D eigenvalue weighted by molar-refractivity contribution is 0.250. The summed E-state index contributed by atoms with van der Waals surface area (Å²) in [6.07, 6.45) is 0. The number of halogens is 1. The van der Waals surface area contributed by atoms with Gasteiger partial charge in [0.25, 0.3) is 11.1 Å². The molecule has 0 amide bonds. The van der Waals surface area contributed by atoms with Gasteiger partial charge in [0, 0.05) is 5.25 Å². The molecule has 0 radical (unpaired) electrons. The molecule has 3 rings (SSSR count). The average molecular weight is 358 g/mol. The molecule has 25 heavy (non-hydrogen) atoms. The Bertz CT molecular complexity index is 849. The smallest absolute Gasteiger partial charge is 0.277 e. The second-order valence-electron chi connectivity index (χ2n) is 5.83. The van der Waals surface area contributed by atoms with Gasteiger partial charge in [0.15, 0.2) is 6.61 Å². The fourth-order valence-electron chi connectivity index (χ4n) is 2.30. The number of thioether (sulfide) groups is 1. The van der Waals surface area contributed by atoms with Crippen molar-refractivity contribution < 1.29 is 13.5 Å². The average Bonchev–Trinajstić information content (AvgIpc) is 3.03. The van der Waals surface area contributed by atoms with Crippen molar-refractivity contribution in [1.29, 1.82) is 0 Å². The van der Waals surface area contributed by atoms with Gasteiger partial charge in [-0.05, 0) is 55.7 Å². The topological polar surface area (TPSA) is 48.2 Å². The summed E-state index contributed by atoms with van der Waals surface area (Å²) >= 11 is 1.43. The van der Waals surface area contributed by atoms with Crippen molar-refractivity contribution in [2.24, 2.45) is 0 Å². The minimum Gasteiger partial charge on any atom is -0.484 e. The van der Waals surface area contributed by atoms with E-state index in [1.54, 1.807) is 12.1 Å². The third kappa shape index (κ3) is 4.60. The Hall–Kier alpha value is -2.34. The highest BCUT2D eigenvalue weighted by Crippen LogP contribution is 2.34. The predicted octanol–water partition coefficient (Wildman–Crippen LogP) is 5.26. The maximum Gasteiger partial charge on any atom is 0.277 e. The van der Waals surface area contributed by atoms with Crippen molar-refractivity contribution in [1.82, 2.24) is 10.2 Å². The van der Waals surface area contributed by atoms with Crippen molar-refractivity contribution in [2.45, 2.75) is 37.9 Å². The van der Waals surface area contributed by atoms with Crippen LogP contribution in [0, 0.1) is 19.7 Å². The molecule has 0 saturated carbocycles. The Morgan fingerprint density at radius 2 is 1.88 bits per heavy atom. The predicted molar refractivity (Wildman–Crippen MR) is 95.2 cm³/mol. The number of aryl methyl sites for hydroxylation is 2. The van der Waals surface area contributed by atoms with Gasteiger partial charge in [-0.2, -0.15) is 0 Å². The molecular formula is C19H19FN2O2S. The molecule has 0 aliphatic carbocycles. The Kier molecular flexibility index (Phi) is 5.38. The third-order valence-corrected chi connectivity index (χ3v) is 4.75. The molecule has 4 nitrogen and oxygen atoms in total. The first-order valence-corrected chi connectivity index (χ1v) is 8.84. The Morgan fingerprint density at radius 1 is 1.12 bits per heavy atom. The first kappa shape index (κ1) is 17.5. The molecule has 0 spiro atoms. The number of rotatable bonds is 6. The van der Waals surface area contributed by atoms with Gasteiger partial charge in [0.2, 0.25) is 0 Å². The SMILES string of the molecule is Cc1ccc(C)c(OCc2nnc(SC(C)c3ccc(F)cc3)o2)c1. The van der Waals surface area contributed by atoms with E-state index >= 15 is 0 Å². The van der Waals surface area contributed by atoms with E-state index in [-0.39, 0.29) is 17.7 Å². The number of nitrogens with zero attached hydrogens (tertiary/aromatic N) is 2. The van der Waals surface area contributed by atoms with Gasteiger partial charge < -0.3 is 9.15 Å². The standard InChI is InChI=1S/C19H19FN2O2S/c1-12-4-5-13(2)17(10-12)23-11-18-21-22-19(24-18)25-14(3)15-6-8-16(20)9-7-15/h4-10,14H,11H2,1-3H3. The molecule has 2 aromatic carbocycles. The third-order valence-electron chi connectivity index (χ3n) is 3.76. The van der Waals surface area contributed by atoms with Crippen LogP contribution >= 0.6 is 11.8 Å². The molecular weight excluding hydrogens is 339 g/mol. The molecule has 1 atom stereocenters. The summed E-state index contributed by atoms with van der Waals surface area (Å²) in [5.74, 6) is 0.992. The van der Waals surface area contributed by atoms with Crippen LogP contribution in [-0.2, 0) is 6.61 Å². The summed E-state index contributed by atoms with van der Waals surface area (Å²) in [6.45, 7) is 6.25. The highest BCUT2D eigenvalue weighted by Gasteiger charge is 2.14. The van der Waals surface area contributed by atoms with Crippen molar-refractivity contribution in [3.8, 4) is 5.75 Å². The molecule has 6 heteroatoms. The van der Waals surface area contributed by atoms with Crippen LogP contribution in [0.15, 0.2) is 52.1 Å². The molecule has 3 aromatic rings. The van der Waals surface area contributed by atoms with E-state index in [1.165, 1.54) is 23.9 Å². The first-order valence-electron chi connectivity index (χ1n) is 7.96. The highest BCUT2D eigenvalue weighted by atomic mass is 32.2. The van der Waals surface area contributed by atoms with Crippen molar-refractivity contribution in [3.63, 3.8) is 0 Å². The van der Waals surface area contributed by atoms with E-state index in [0.29, 0.717) is 11.1 Å². The lowest BCUT2D eigenvalue weighted by atomic mass is 10.1. The van der Waals surface area contributed by atoms with Crippen LogP contribution in [-0.4, -0.2) is 10.2 Å². The maximum absolute atomic E-state index is 13.0. The molecule has 0 bridgehead atoms. The highest BCUT2D eigenvalue weighted by molar-refractivity contribution is 7.99. The largest absolute Gasteiger partial charge is 0.484 e. The van der Waals surface area contributed by atoms with E-state index in [1.807, 2.05) is 39.0 Å². The summed E-state index contributed by atoms with van der Waals surface area (Å²) < 4.78 is 24.4. The van der Waals surface area contributed by atoms with Crippen LogP contribution in [0.1, 0.15) is 34.8 Å². The number of ether oxygens (including phenoxy) is 1. The normalized spacial score (nSPS) is 12.2. The van der Waals surface area contributed by atoms with Gasteiger partial charge in [-0.25, -0.2) is 4.39 Å². The minimum atomic E-state index is -0.246. The number of hydrogen-bond donors (Lipinski definition) is 0. The van der Waals surface area contributed by atoms with E-state index in [2.05, 4.69) is 10.2 Å². The molecule has 0 aliphatic heterocycles. The van der Waals surface area contributed by atoms with Crippen LogP contribution in [0.3, 0.4) is 0 Å².